The number of halogens is 3. The normalized spacial score (nSPS) is 10.9. The highest BCUT2D eigenvalue weighted by atomic mass is 79.9. The molecule has 0 saturated carbocycles. The summed E-state index contributed by atoms with van der Waals surface area (Å²) < 4.78 is 2.99. The van der Waals surface area contributed by atoms with Crippen LogP contribution in [0.15, 0.2) is 21.5 Å². The smallest absolute Gasteiger partial charge is 0.218 e. The van der Waals surface area contributed by atoms with Gasteiger partial charge in [0.15, 0.2) is 5.65 Å². The summed E-state index contributed by atoms with van der Waals surface area (Å²) >= 11 is 12.3. The van der Waals surface area contributed by atoms with Gasteiger partial charge in [0.25, 0.3) is 0 Å². The van der Waals surface area contributed by atoms with Gasteiger partial charge in [-0.25, -0.2) is 9.50 Å². The van der Waals surface area contributed by atoms with E-state index in [1.54, 1.807) is 16.8 Å². The first-order chi connectivity index (χ1) is 5.66. The first-order valence-electron chi connectivity index (χ1n) is 3.04. The van der Waals surface area contributed by atoms with E-state index in [1.807, 2.05) is 0 Å². The van der Waals surface area contributed by atoms with Crippen molar-refractivity contribution < 1.29 is 0 Å². The van der Waals surface area contributed by atoms with E-state index in [-0.39, 0.29) is 0 Å². The van der Waals surface area contributed by atoms with Crippen LogP contribution in [0.5, 0.6) is 0 Å². The van der Waals surface area contributed by atoms with Crippen LogP contribution in [-0.4, -0.2) is 14.6 Å². The van der Waals surface area contributed by atoms with E-state index < -0.39 is 0 Å². The molecule has 6 heteroatoms. The van der Waals surface area contributed by atoms with Gasteiger partial charge in [-0.2, -0.15) is 0 Å². The van der Waals surface area contributed by atoms with E-state index in [4.69, 9.17) is 11.6 Å². The van der Waals surface area contributed by atoms with Gasteiger partial charge >= 0.3 is 0 Å². The molecule has 0 aliphatic heterocycles. The number of hydrogen-bond acceptors (Lipinski definition) is 2. The fraction of sp³-hybridized carbons (Fsp3) is 0. The maximum Gasteiger partial charge on any atom is 0.218 e. The highest BCUT2D eigenvalue weighted by molar-refractivity contribution is 9.10. The molecule has 62 valence electrons. The number of rotatable bonds is 0. The van der Waals surface area contributed by atoms with Crippen LogP contribution in [0, 0.1) is 0 Å². The van der Waals surface area contributed by atoms with Crippen molar-refractivity contribution in [2.75, 3.05) is 0 Å². The molecule has 2 heterocycles. The van der Waals surface area contributed by atoms with E-state index in [0.29, 0.717) is 9.76 Å². The van der Waals surface area contributed by atoms with E-state index in [0.717, 1.165) is 10.1 Å². The van der Waals surface area contributed by atoms with Gasteiger partial charge < -0.3 is 0 Å². The molecule has 0 atom stereocenters. The molecule has 0 spiro atoms. The Hall–Kier alpha value is -0.130. The van der Waals surface area contributed by atoms with Crippen LogP contribution < -0.4 is 0 Å². The topological polar surface area (TPSA) is 30.2 Å². The van der Waals surface area contributed by atoms with Gasteiger partial charge in [-0.15, -0.1) is 5.10 Å². The quantitative estimate of drug-likeness (QED) is 0.749. The average molecular weight is 311 g/mol. The summed E-state index contributed by atoms with van der Waals surface area (Å²) in [6, 6.07) is 1.74. The van der Waals surface area contributed by atoms with Crippen LogP contribution in [0.4, 0.5) is 0 Å². The van der Waals surface area contributed by atoms with Crippen molar-refractivity contribution in [1.82, 2.24) is 14.6 Å². The molecule has 0 bridgehead atoms. The molecular weight excluding hydrogens is 309 g/mol. The monoisotopic (exact) mass is 309 g/mol. The molecule has 2 aromatic rings. The van der Waals surface area contributed by atoms with Gasteiger partial charge in [-0.05, 0) is 31.9 Å². The highest BCUT2D eigenvalue weighted by Crippen LogP contribution is 2.23. The van der Waals surface area contributed by atoms with Crippen molar-refractivity contribution in [3.63, 3.8) is 0 Å². The van der Waals surface area contributed by atoms with Crippen LogP contribution in [0.2, 0.25) is 5.02 Å². The second-order valence-electron chi connectivity index (χ2n) is 2.15. The first-order valence-corrected chi connectivity index (χ1v) is 5.00. The highest BCUT2D eigenvalue weighted by Gasteiger charge is 2.03. The largest absolute Gasteiger partial charge is 0.219 e. The molecule has 0 aliphatic carbocycles. The fourth-order valence-electron chi connectivity index (χ4n) is 0.853. The minimum Gasteiger partial charge on any atom is -0.219 e. The molecule has 2 rings (SSSR count). The lowest BCUT2D eigenvalue weighted by molar-refractivity contribution is 0.941. The number of hydrogen-bond donors (Lipinski definition) is 0. The van der Waals surface area contributed by atoms with E-state index in [2.05, 4.69) is 41.9 Å². The second-order valence-corrected chi connectivity index (χ2v) is 4.12. The van der Waals surface area contributed by atoms with Crippen molar-refractivity contribution in [3.8, 4) is 0 Å². The molecule has 0 unspecified atom stereocenters. The molecule has 0 aromatic carbocycles. The van der Waals surface area contributed by atoms with E-state index >= 15 is 0 Å². The SMILES string of the molecule is Clc1cc2nc(Br)nn2cc1Br. The zero-order valence-electron chi connectivity index (χ0n) is 5.63. The lowest BCUT2D eigenvalue weighted by Crippen LogP contribution is -1.86. The van der Waals surface area contributed by atoms with E-state index in [1.165, 1.54) is 0 Å². The maximum atomic E-state index is 5.85. The van der Waals surface area contributed by atoms with Crippen LogP contribution in [0.1, 0.15) is 0 Å². The predicted molar refractivity (Wildman–Crippen MR) is 53.4 cm³/mol. The third-order valence-electron chi connectivity index (χ3n) is 1.35. The summed E-state index contributed by atoms with van der Waals surface area (Å²) in [5.41, 5.74) is 0.718. The minimum absolute atomic E-state index is 0.552. The van der Waals surface area contributed by atoms with Crippen molar-refractivity contribution in [1.29, 1.82) is 0 Å². The Morgan fingerprint density at radius 1 is 1.42 bits per heavy atom. The van der Waals surface area contributed by atoms with Gasteiger partial charge in [0.05, 0.1) is 9.50 Å². The summed E-state index contributed by atoms with van der Waals surface area (Å²) in [6.45, 7) is 0. The number of aromatic nitrogens is 3. The van der Waals surface area contributed by atoms with Gasteiger partial charge in [0.1, 0.15) is 0 Å². The zero-order chi connectivity index (χ0) is 8.72. The summed E-state index contributed by atoms with van der Waals surface area (Å²) in [5, 5.41) is 4.68. The van der Waals surface area contributed by atoms with Crippen molar-refractivity contribution in [2.45, 2.75) is 0 Å². The van der Waals surface area contributed by atoms with Crippen LogP contribution >= 0.6 is 43.5 Å². The molecule has 12 heavy (non-hydrogen) atoms. The molecule has 0 N–H and O–H groups in total. The standard InChI is InChI=1S/C6H2Br2ClN3/c7-3-2-12-5(1-4(3)9)10-6(8)11-12/h1-2H. The fourth-order valence-corrected chi connectivity index (χ4v) is 1.66. The molecule has 0 aliphatic rings. The third-order valence-corrected chi connectivity index (χ3v) is 2.86. The molecular formula is C6H2Br2ClN3. The molecule has 2 aromatic heterocycles. The second kappa shape index (κ2) is 2.97. The van der Waals surface area contributed by atoms with Crippen LogP contribution in [-0.2, 0) is 0 Å². The Kier molecular flexibility index (Phi) is 2.10. The number of pyridine rings is 1. The Balaban J connectivity index is 2.83. The minimum atomic E-state index is 0.552. The Morgan fingerprint density at radius 2 is 2.17 bits per heavy atom. The molecule has 0 fully saturated rings. The van der Waals surface area contributed by atoms with Gasteiger partial charge in [0.2, 0.25) is 4.73 Å². The Bertz CT molecular complexity index is 401. The average Bonchev–Trinajstić information content (AvgIpc) is 2.30. The van der Waals surface area contributed by atoms with E-state index in [9.17, 15) is 0 Å². The molecule has 0 saturated heterocycles. The lowest BCUT2D eigenvalue weighted by atomic mass is 10.5. The summed E-state index contributed by atoms with van der Waals surface area (Å²) in [6.07, 6.45) is 1.76. The molecule has 3 nitrogen and oxygen atoms in total. The zero-order valence-corrected chi connectivity index (χ0v) is 9.56. The summed E-state index contributed by atoms with van der Waals surface area (Å²) in [5.74, 6) is 0. The van der Waals surface area contributed by atoms with Crippen LogP contribution in [0.25, 0.3) is 5.65 Å². The molecule has 0 amide bonds. The summed E-state index contributed by atoms with van der Waals surface area (Å²) in [7, 11) is 0. The summed E-state index contributed by atoms with van der Waals surface area (Å²) in [4.78, 5) is 4.08. The van der Waals surface area contributed by atoms with Crippen molar-refractivity contribution >= 4 is 49.1 Å². The lowest BCUT2D eigenvalue weighted by Gasteiger charge is -1.94. The Labute approximate surface area is 90.0 Å². The third kappa shape index (κ3) is 1.36. The first kappa shape index (κ1) is 8.47. The van der Waals surface area contributed by atoms with Gasteiger partial charge in [-0.3, -0.25) is 0 Å². The number of fused-ring (bicyclic) bond motifs is 1. The van der Waals surface area contributed by atoms with Gasteiger partial charge in [0, 0.05) is 12.3 Å². The number of nitrogens with zero attached hydrogens (tertiary/aromatic N) is 3. The Morgan fingerprint density at radius 3 is 2.92 bits per heavy atom. The maximum absolute atomic E-state index is 5.85. The predicted octanol–water partition coefficient (Wildman–Crippen LogP) is 2.91. The van der Waals surface area contributed by atoms with Crippen molar-refractivity contribution in [2.24, 2.45) is 0 Å². The van der Waals surface area contributed by atoms with Crippen LogP contribution in [0.3, 0.4) is 0 Å². The van der Waals surface area contributed by atoms with Gasteiger partial charge in [-0.1, -0.05) is 11.6 Å². The van der Waals surface area contributed by atoms with Crippen molar-refractivity contribution in [3.05, 3.63) is 26.5 Å². The molecule has 0 radical (unpaired) electrons.